The number of benzene rings is 3. The van der Waals surface area contributed by atoms with Crippen molar-refractivity contribution in [2.24, 2.45) is 0 Å². The summed E-state index contributed by atoms with van der Waals surface area (Å²) in [5.41, 5.74) is 2.15. The minimum Gasteiger partial charge on any atom is -0.489 e. The first-order valence-corrected chi connectivity index (χ1v) is 8.16. The molecule has 3 aromatic carbocycles. The van der Waals surface area contributed by atoms with Crippen LogP contribution in [0.3, 0.4) is 0 Å². The lowest BCUT2D eigenvalue weighted by molar-refractivity contribution is 0.304. The van der Waals surface area contributed by atoms with Gasteiger partial charge in [0.1, 0.15) is 24.0 Å². The molecular formula is C21H15FN2O2. The molecule has 0 spiro atoms. The number of rotatable bonds is 4. The molecule has 4 nitrogen and oxygen atoms in total. The summed E-state index contributed by atoms with van der Waals surface area (Å²) in [5, 5.41) is 0.557. The van der Waals surface area contributed by atoms with Crippen molar-refractivity contribution in [1.29, 1.82) is 0 Å². The molecule has 4 aromatic rings. The van der Waals surface area contributed by atoms with E-state index in [2.05, 4.69) is 9.97 Å². The van der Waals surface area contributed by atoms with Crippen molar-refractivity contribution in [2.45, 2.75) is 6.61 Å². The van der Waals surface area contributed by atoms with Gasteiger partial charge in [0, 0.05) is 11.6 Å². The summed E-state index contributed by atoms with van der Waals surface area (Å²) in [6.45, 7) is 0.287. The fraction of sp³-hybridized carbons (Fsp3) is 0.0476. The van der Waals surface area contributed by atoms with Gasteiger partial charge in [-0.3, -0.25) is 4.79 Å². The van der Waals surface area contributed by atoms with Gasteiger partial charge in [0.25, 0.3) is 5.56 Å². The quantitative estimate of drug-likeness (QED) is 0.599. The number of nitrogens with one attached hydrogen (secondary N) is 1. The molecule has 0 aliphatic rings. The van der Waals surface area contributed by atoms with Gasteiger partial charge < -0.3 is 9.72 Å². The second-order valence-electron chi connectivity index (χ2n) is 5.88. The van der Waals surface area contributed by atoms with Crippen LogP contribution in [-0.2, 0) is 6.61 Å². The van der Waals surface area contributed by atoms with Crippen LogP contribution < -0.4 is 10.3 Å². The highest BCUT2D eigenvalue weighted by atomic mass is 19.1. The smallest absolute Gasteiger partial charge is 0.259 e. The van der Waals surface area contributed by atoms with Crippen molar-refractivity contribution in [3.05, 3.63) is 94.5 Å². The van der Waals surface area contributed by atoms with Gasteiger partial charge in [0.15, 0.2) is 0 Å². The van der Waals surface area contributed by atoms with Crippen LogP contribution in [0.2, 0.25) is 0 Å². The van der Waals surface area contributed by atoms with Gasteiger partial charge in [0.05, 0.1) is 10.9 Å². The van der Waals surface area contributed by atoms with Crippen LogP contribution in [0.25, 0.3) is 22.3 Å². The van der Waals surface area contributed by atoms with Gasteiger partial charge in [-0.2, -0.15) is 0 Å². The first-order chi connectivity index (χ1) is 12.7. The minimum atomic E-state index is -0.339. The molecule has 0 amide bonds. The van der Waals surface area contributed by atoms with E-state index < -0.39 is 0 Å². The molecule has 5 heteroatoms. The molecule has 0 atom stereocenters. The van der Waals surface area contributed by atoms with Crippen molar-refractivity contribution >= 4 is 10.9 Å². The predicted octanol–water partition coefficient (Wildman–Crippen LogP) is 4.31. The minimum absolute atomic E-state index is 0.174. The van der Waals surface area contributed by atoms with Crippen molar-refractivity contribution < 1.29 is 9.13 Å². The average Bonchev–Trinajstić information content (AvgIpc) is 2.67. The molecule has 0 saturated heterocycles. The second kappa shape index (κ2) is 6.80. The molecule has 0 aliphatic heterocycles. The standard InChI is InChI=1S/C21H15FN2O2/c22-16-7-4-8-17(12-16)26-13-14-5-3-6-15(11-14)20-23-19-10-2-1-9-18(19)21(25)24-20/h1-12H,13H2,(H,23,24,25). The monoisotopic (exact) mass is 346 g/mol. The number of H-pyrrole nitrogens is 1. The van der Waals surface area contributed by atoms with E-state index in [1.54, 1.807) is 18.2 Å². The fourth-order valence-corrected chi connectivity index (χ4v) is 2.75. The zero-order chi connectivity index (χ0) is 17.9. The van der Waals surface area contributed by atoms with Crippen molar-refractivity contribution in [3.8, 4) is 17.1 Å². The highest BCUT2D eigenvalue weighted by molar-refractivity contribution is 5.79. The Labute approximate surface area is 148 Å². The third kappa shape index (κ3) is 3.32. The summed E-state index contributed by atoms with van der Waals surface area (Å²) in [6.07, 6.45) is 0. The Morgan fingerprint density at radius 1 is 0.962 bits per heavy atom. The molecule has 4 rings (SSSR count). The van der Waals surface area contributed by atoms with Crippen LogP contribution in [0, 0.1) is 5.82 Å². The Balaban J connectivity index is 1.62. The Morgan fingerprint density at radius 2 is 1.81 bits per heavy atom. The first-order valence-electron chi connectivity index (χ1n) is 8.16. The molecule has 1 aromatic heterocycles. The van der Waals surface area contributed by atoms with Gasteiger partial charge in [-0.15, -0.1) is 0 Å². The van der Waals surface area contributed by atoms with Crippen molar-refractivity contribution in [1.82, 2.24) is 9.97 Å². The number of para-hydroxylation sites is 1. The number of hydrogen-bond acceptors (Lipinski definition) is 3. The SMILES string of the molecule is O=c1[nH]c(-c2cccc(COc3cccc(F)c3)c2)nc2ccccc12. The Hall–Kier alpha value is -3.47. The normalized spacial score (nSPS) is 10.8. The molecule has 0 bridgehead atoms. The molecule has 0 saturated carbocycles. The predicted molar refractivity (Wildman–Crippen MR) is 98.5 cm³/mol. The molecule has 1 N–H and O–H groups in total. The summed E-state index contributed by atoms with van der Waals surface area (Å²) >= 11 is 0. The molecule has 0 radical (unpaired) electrons. The molecular weight excluding hydrogens is 331 g/mol. The van der Waals surface area contributed by atoms with E-state index in [1.165, 1.54) is 12.1 Å². The Bertz CT molecular complexity index is 1140. The lowest BCUT2D eigenvalue weighted by atomic mass is 10.1. The van der Waals surface area contributed by atoms with Gasteiger partial charge in [-0.25, -0.2) is 9.37 Å². The summed E-state index contributed by atoms with van der Waals surface area (Å²) in [4.78, 5) is 19.6. The maximum Gasteiger partial charge on any atom is 0.259 e. The second-order valence-corrected chi connectivity index (χ2v) is 5.88. The van der Waals surface area contributed by atoms with Crippen LogP contribution in [-0.4, -0.2) is 9.97 Å². The van der Waals surface area contributed by atoms with Gasteiger partial charge in [-0.05, 0) is 35.9 Å². The van der Waals surface area contributed by atoms with E-state index >= 15 is 0 Å². The summed E-state index contributed by atoms with van der Waals surface area (Å²) < 4.78 is 18.8. The van der Waals surface area contributed by atoms with E-state index in [1.807, 2.05) is 42.5 Å². The zero-order valence-electron chi connectivity index (χ0n) is 13.8. The zero-order valence-corrected chi connectivity index (χ0v) is 13.8. The topological polar surface area (TPSA) is 55.0 Å². The maximum absolute atomic E-state index is 13.2. The molecule has 26 heavy (non-hydrogen) atoms. The Kier molecular flexibility index (Phi) is 4.19. The van der Waals surface area contributed by atoms with Crippen molar-refractivity contribution in [3.63, 3.8) is 0 Å². The third-order valence-corrected chi connectivity index (χ3v) is 4.01. The average molecular weight is 346 g/mol. The number of ether oxygens (including phenoxy) is 1. The van der Waals surface area contributed by atoms with Crippen LogP contribution in [0.4, 0.5) is 4.39 Å². The molecule has 0 aliphatic carbocycles. The number of fused-ring (bicyclic) bond motifs is 1. The number of aromatic amines is 1. The van der Waals surface area contributed by atoms with Crippen LogP contribution >= 0.6 is 0 Å². The number of halogens is 1. The largest absolute Gasteiger partial charge is 0.489 e. The summed E-state index contributed by atoms with van der Waals surface area (Å²) in [6, 6.07) is 20.8. The highest BCUT2D eigenvalue weighted by Crippen LogP contribution is 2.19. The first kappa shape index (κ1) is 16.0. The highest BCUT2D eigenvalue weighted by Gasteiger charge is 2.07. The van der Waals surface area contributed by atoms with Crippen LogP contribution in [0.5, 0.6) is 5.75 Å². The maximum atomic E-state index is 13.2. The van der Waals surface area contributed by atoms with Crippen LogP contribution in [0.15, 0.2) is 77.6 Å². The fourth-order valence-electron chi connectivity index (χ4n) is 2.75. The molecule has 0 fully saturated rings. The molecule has 0 unspecified atom stereocenters. The molecule has 128 valence electrons. The van der Waals surface area contributed by atoms with E-state index in [0.29, 0.717) is 22.5 Å². The number of nitrogens with zero attached hydrogens (tertiary/aromatic N) is 1. The Morgan fingerprint density at radius 3 is 2.69 bits per heavy atom. The summed E-state index contributed by atoms with van der Waals surface area (Å²) in [7, 11) is 0. The lowest BCUT2D eigenvalue weighted by Gasteiger charge is -2.08. The number of hydrogen-bond donors (Lipinski definition) is 1. The van der Waals surface area contributed by atoms with Crippen molar-refractivity contribution in [2.75, 3.05) is 0 Å². The number of aromatic nitrogens is 2. The van der Waals surface area contributed by atoms with E-state index in [0.717, 1.165) is 11.1 Å². The lowest BCUT2D eigenvalue weighted by Crippen LogP contribution is -2.09. The van der Waals surface area contributed by atoms with Gasteiger partial charge >= 0.3 is 0 Å². The van der Waals surface area contributed by atoms with Crippen LogP contribution in [0.1, 0.15) is 5.56 Å². The van der Waals surface area contributed by atoms with E-state index in [9.17, 15) is 9.18 Å². The van der Waals surface area contributed by atoms with Gasteiger partial charge in [-0.1, -0.05) is 36.4 Å². The van der Waals surface area contributed by atoms with E-state index in [4.69, 9.17) is 4.74 Å². The summed E-state index contributed by atoms with van der Waals surface area (Å²) in [5.74, 6) is 0.628. The van der Waals surface area contributed by atoms with Gasteiger partial charge in [0.2, 0.25) is 0 Å². The van der Waals surface area contributed by atoms with E-state index in [-0.39, 0.29) is 18.0 Å². The molecule has 1 heterocycles. The third-order valence-electron chi connectivity index (χ3n) is 4.01.